The van der Waals surface area contributed by atoms with Crippen molar-refractivity contribution < 1.29 is 4.79 Å². The van der Waals surface area contributed by atoms with Gasteiger partial charge >= 0.3 is 0 Å². The summed E-state index contributed by atoms with van der Waals surface area (Å²) >= 11 is 0. The van der Waals surface area contributed by atoms with Gasteiger partial charge < -0.3 is 15.1 Å². The average molecular weight is 448 g/mol. The van der Waals surface area contributed by atoms with Gasteiger partial charge in [0, 0.05) is 50.7 Å². The van der Waals surface area contributed by atoms with Gasteiger partial charge in [-0.2, -0.15) is 0 Å². The highest BCUT2D eigenvalue weighted by Crippen LogP contribution is 2.25. The maximum Gasteiger partial charge on any atom is 0.230 e. The molecule has 33 heavy (non-hydrogen) atoms. The molecule has 2 saturated heterocycles. The SMILES string of the molecule is CC1CCN(c2cc(NC(=O)C3CCCN(c4cc(-n5ccnc5)ncn4)C3)ncn2)CC1. The fourth-order valence-corrected chi connectivity index (χ4v) is 4.50. The number of rotatable bonds is 5. The van der Waals surface area contributed by atoms with Crippen molar-refractivity contribution in [2.75, 3.05) is 41.3 Å². The van der Waals surface area contributed by atoms with Crippen LogP contribution in [0.1, 0.15) is 32.6 Å². The predicted octanol–water partition coefficient (Wildman–Crippen LogP) is 2.54. The summed E-state index contributed by atoms with van der Waals surface area (Å²) in [4.78, 5) is 39.0. The van der Waals surface area contributed by atoms with E-state index in [4.69, 9.17) is 0 Å². The largest absolute Gasteiger partial charge is 0.356 e. The van der Waals surface area contributed by atoms with Crippen molar-refractivity contribution in [1.82, 2.24) is 29.5 Å². The lowest BCUT2D eigenvalue weighted by atomic mass is 9.97. The molecule has 10 nitrogen and oxygen atoms in total. The van der Waals surface area contributed by atoms with Crippen LogP contribution in [0.2, 0.25) is 0 Å². The molecular formula is C23H29N9O. The Morgan fingerprint density at radius 1 is 0.939 bits per heavy atom. The van der Waals surface area contributed by atoms with Crippen molar-refractivity contribution >= 4 is 23.4 Å². The average Bonchev–Trinajstić information content (AvgIpc) is 3.40. The number of carbonyl (C=O) groups excluding carboxylic acids is 1. The second kappa shape index (κ2) is 9.51. The first-order chi connectivity index (χ1) is 16.2. The lowest BCUT2D eigenvalue weighted by Gasteiger charge is -2.33. The molecule has 172 valence electrons. The second-order valence-corrected chi connectivity index (χ2v) is 8.91. The zero-order valence-corrected chi connectivity index (χ0v) is 18.8. The van der Waals surface area contributed by atoms with E-state index in [2.05, 4.69) is 47.0 Å². The molecule has 2 aliphatic heterocycles. The van der Waals surface area contributed by atoms with Crippen LogP contribution in [0, 0.1) is 11.8 Å². The van der Waals surface area contributed by atoms with Gasteiger partial charge in [0.05, 0.1) is 5.92 Å². The fourth-order valence-electron chi connectivity index (χ4n) is 4.50. The summed E-state index contributed by atoms with van der Waals surface area (Å²) < 4.78 is 1.84. The number of amides is 1. The van der Waals surface area contributed by atoms with Gasteiger partial charge in [0.2, 0.25) is 5.91 Å². The molecule has 1 N–H and O–H groups in total. The third-order valence-corrected chi connectivity index (χ3v) is 6.53. The molecule has 3 aromatic rings. The Labute approximate surface area is 193 Å². The van der Waals surface area contributed by atoms with E-state index in [1.807, 2.05) is 22.9 Å². The molecule has 1 amide bonds. The Kier molecular flexibility index (Phi) is 6.14. The summed E-state index contributed by atoms with van der Waals surface area (Å²) in [7, 11) is 0. The van der Waals surface area contributed by atoms with Gasteiger partial charge in [-0.15, -0.1) is 0 Å². The number of piperidine rings is 2. The van der Waals surface area contributed by atoms with Crippen molar-refractivity contribution in [3.8, 4) is 5.82 Å². The minimum atomic E-state index is -0.139. The highest BCUT2D eigenvalue weighted by atomic mass is 16.2. The van der Waals surface area contributed by atoms with E-state index >= 15 is 0 Å². The first-order valence-corrected chi connectivity index (χ1v) is 11.6. The zero-order valence-electron chi connectivity index (χ0n) is 18.8. The molecule has 2 aliphatic rings. The Balaban J connectivity index is 1.24. The van der Waals surface area contributed by atoms with E-state index < -0.39 is 0 Å². The molecule has 0 bridgehead atoms. The molecule has 2 fully saturated rings. The van der Waals surface area contributed by atoms with Crippen molar-refractivity contribution in [3.63, 3.8) is 0 Å². The number of nitrogens with zero attached hydrogens (tertiary/aromatic N) is 8. The normalized spacial score (nSPS) is 19.5. The smallest absolute Gasteiger partial charge is 0.230 e. The summed E-state index contributed by atoms with van der Waals surface area (Å²) in [5.74, 6) is 3.61. The minimum Gasteiger partial charge on any atom is -0.356 e. The van der Waals surface area contributed by atoms with Crippen LogP contribution in [0.4, 0.5) is 17.5 Å². The molecule has 5 heterocycles. The molecule has 3 aromatic heterocycles. The van der Waals surface area contributed by atoms with Gasteiger partial charge in [-0.05, 0) is 31.6 Å². The molecule has 0 aromatic carbocycles. The number of imidazole rings is 1. The topological polar surface area (TPSA) is 105 Å². The van der Waals surface area contributed by atoms with Crippen molar-refractivity contribution in [3.05, 3.63) is 43.5 Å². The van der Waals surface area contributed by atoms with E-state index in [1.54, 1.807) is 18.9 Å². The number of anilines is 3. The van der Waals surface area contributed by atoms with E-state index in [0.717, 1.165) is 68.7 Å². The summed E-state index contributed by atoms with van der Waals surface area (Å²) in [6.07, 6.45) is 12.4. The van der Waals surface area contributed by atoms with E-state index in [9.17, 15) is 4.79 Å². The summed E-state index contributed by atoms with van der Waals surface area (Å²) in [5, 5.41) is 3.02. The summed E-state index contributed by atoms with van der Waals surface area (Å²) in [6, 6.07) is 3.81. The number of hydrogen-bond donors (Lipinski definition) is 1. The molecule has 0 radical (unpaired) electrons. The zero-order chi connectivity index (χ0) is 22.6. The summed E-state index contributed by atoms with van der Waals surface area (Å²) in [5.41, 5.74) is 0. The van der Waals surface area contributed by atoms with Gasteiger partial charge in [0.1, 0.15) is 42.3 Å². The van der Waals surface area contributed by atoms with E-state index in [0.29, 0.717) is 12.4 Å². The molecule has 1 unspecified atom stereocenters. The van der Waals surface area contributed by atoms with Crippen LogP contribution in [-0.4, -0.2) is 61.6 Å². The Hall–Kier alpha value is -3.56. The quantitative estimate of drug-likeness (QED) is 0.636. The third kappa shape index (κ3) is 4.94. The minimum absolute atomic E-state index is 0.0134. The molecule has 0 aliphatic carbocycles. The highest BCUT2D eigenvalue weighted by Gasteiger charge is 2.27. The molecule has 1 atom stereocenters. The molecular weight excluding hydrogens is 418 g/mol. The highest BCUT2D eigenvalue weighted by molar-refractivity contribution is 5.92. The van der Waals surface area contributed by atoms with Gasteiger partial charge in [-0.3, -0.25) is 9.36 Å². The molecule has 10 heteroatoms. The molecule has 0 spiro atoms. The lowest BCUT2D eigenvalue weighted by Crippen LogP contribution is -2.41. The van der Waals surface area contributed by atoms with Gasteiger partial charge in [0.15, 0.2) is 0 Å². The fraction of sp³-hybridized carbons (Fsp3) is 0.478. The number of nitrogens with one attached hydrogen (secondary N) is 1. The number of aromatic nitrogens is 6. The first-order valence-electron chi connectivity index (χ1n) is 11.6. The van der Waals surface area contributed by atoms with Crippen LogP contribution in [0.5, 0.6) is 0 Å². The Morgan fingerprint density at radius 2 is 1.70 bits per heavy atom. The Morgan fingerprint density at radius 3 is 2.48 bits per heavy atom. The van der Waals surface area contributed by atoms with Crippen LogP contribution in [0.3, 0.4) is 0 Å². The summed E-state index contributed by atoms with van der Waals surface area (Å²) in [6.45, 7) is 5.73. The maximum absolute atomic E-state index is 13.1. The second-order valence-electron chi connectivity index (χ2n) is 8.91. The van der Waals surface area contributed by atoms with E-state index in [1.165, 1.54) is 6.33 Å². The van der Waals surface area contributed by atoms with Crippen LogP contribution < -0.4 is 15.1 Å². The van der Waals surface area contributed by atoms with Gasteiger partial charge in [-0.1, -0.05) is 6.92 Å². The Bertz CT molecular complexity index is 1080. The molecule has 5 rings (SSSR count). The number of hydrogen-bond acceptors (Lipinski definition) is 8. The predicted molar refractivity (Wildman–Crippen MR) is 125 cm³/mol. The van der Waals surface area contributed by atoms with Crippen molar-refractivity contribution in [2.24, 2.45) is 11.8 Å². The standard InChI is InChI=1S/C23H29N9O/c1-17-4-8-30(9-5-17)20-11-19(25-14-26-20)29-23(33)18-3-2-7-31(13-18)21-12-22(28-15-27-21)32-10-6-24-16-32/h6,10-12,14-18H,2-5,7-9,13H2,1H3,(H,25,26,29,33). The number of carbonyl (C=O) groups is 1. The third-order valence-electron chi connectivity index (χ3n) is 6.53. The van der Waals surface area contributed by atoms with Gasteiger partial charge in [-0.25, -0.2) is 24.9 Å². The van der Waals surface area contributed by atoms with Crippen LogP contribution in [0.15, 0.2) is 43.5 Å². The van der Waals surface area contributed by atoms with Gasteiger partial charge in [0.25, 0.3) is 0 Å². The van der Waals surface area contributed by atoms with E-state index in [-0.39, 0.29) is 11.8 Å². The van der Waals surface area contributed by atoms with Crippen molar-refractivity contribution in [1.29, 1.82) is 0 Å². The maximum atomic E-state index is 13.1. The van der Waals surface area contributed by atoms with Crippen molar-refractivity contribution in [2.45, 2.75) is 32.6 Å². The monoisotopic (exact) mass is 447 g/mol. The van der Waals surface area contributed by atoms with Crippen LogP contribution in [-0.2, 0) is 4.79 Å². The lowest BCUT2D eigenvalue weighted by molar-refractivity contribution is -0.120. The van der Waals surface area contributed by atoms with Crippen LogP contribution >= 0.6 is 0 Å². The molecule has 0 saturated carbocycles. The first kappa shape index (κ1) is 21.3. The van der Waals surface area contributed by atoms with Crippen LogP contribution in [0.25, 0.3) is 5.82 Å².